The summed E-state index contributed by atoms with van der Waals surface area (Å²) in [6.07, 6.45) is 29.2. The molecule has 0 aliphatic carbocycles. The van der Waals surface area contributed by atoms with Crippen molar-refractivity contribution in [1.82, 2.24) is 9.80 Å². The summed E-state index contributed by atoms with van der Waals surface area (Å²) in [5.41, 5.74) is 4.42. The first-order valence-corrected chi connectivity index (χ1v) is 24.3. The van der Waals surface area contributed by atoms with Crippen molar-refractivity contribution < 1.29 is 19.1 Å². The first-order valence-electron chi connectivity index (χ1n) is 24.3. The SMILES string of the molecule is CCCCCCCN(CCCCCCC)CCCC(=O)COCc1ccc(-c2ccc(COCC(=O)CCCN(CCCCCCC)CCCCCCC)cc2)cc1. The van der Waals surface area contributed by atoms with Gasteiger partial charge < -0.3 is 19.3 Å². The third-order valence-electron chi connectivity index (χ3n) is 11.5. The predicted molar refractivity (Wildman–Crippen MR) is 248 cm³/mol. The average Bonchev–Trinajstić information content (AvgIpc) is 3.23. The number of rotatable bonds is 41. The Hall–Kier alpha value is -2.38. The smallest absolute Gasteiger partial charge is 0.158 e. The van der Waals surface area contributed by atoms with E-state index in [1.807, 2.05) is 0 Å². The monoisotopic (exact) mass is 805 g/mol. The van der Waals surface area contributed by atoms with Gasteiger partial charge in [-0.05, 0) is 100 Å². The van der Waals surface area contributed by atoms with Gasteiger partial charge in [-0.15, -0.1) is 0 Å². The van der Waals surface area contributed by atoms with Crippen molar-refractivity contribution in [2.75, 3.05) is 52.5 Å². The zero-order valence-corrected chi connectivity index (χ0v) is 38.2. The second kappa shape index (κ2) is 36.5. The first kappa shape index (κ1) is 51.8. The lowest BCUT2D eigenvalue weighted by Crippen LogP contribution is -2.28. The molecule has 0 bridgehead atoms. The second-order valence-electron chi connectivity index (χ2n) is 17.0. The van der Waals surface area contributed by atoms with Gasteiger partial charge in [0.15, 0.2) is 11.6 Å². The number of ether oxygens (including phenoxy) is 2. The van der Waals surface area contributed by atoms with Gasteiger partial charge in [0, 0.05) is 12.8 Å². The normalized spacial score (nSPS) is 11.6. The molecule has 2 aromatic carbocycles. The van der Waals surface area contributed by atoms with Gasteiger partial charge in [0.1, 0.15) is 13.2 Å². The fourth-order valence-electron chi connectivity index (χ4n) is 7.72. The van der Waals surface area contributed by atoms with Crippen molar-refractivity contribution in [3.63, 3.8) is 0 Å². The number of carbonyl (C=O) groups excluding carboxylic acids is 2. The molecule has 0 spiro atoms. The van der Waals surface area contributed by atoms with E-state index in [0.717, 1.165) is 74.4 Å². The van der Waals surface area contributed by atoms with E-state index >= 15 is 0 Å². The van der Waals surface area contributed by atoms with Crippen LogP contribution in [0.15, 0.2) is 48.5 Å². The maximum atomic E-state index is 12.6. The lowest BCUT2D eigenvalue weighted by Gasteiger charge is -2.22. The molecule has 2 rings (SSSR count). The van der Waals surface area contributed by atoms with Gasteiger partial charge in [-0.25, -0.2) is 0 Å². The number of carbonyl (C=O) groups is 2. The van der Waals surface area contributed by atoms with E-state index in [1.165, 1.54) is 128 Å². The van der Waals surface area contributed by atoms with E-state index in [4.69, 9.17) is 9.47 Å². The Morgan fingerprint density at radius 3 is 0.948 bits per heavy atom. The van der Waals surface area contributed by atoms with Crippen molar-refractivity contribution in [1.29, 1.82) is 0 Å². The van der Waals surface area contributed by atoms with Crippen LogP contribution in [0.2, 0.25) is 0 Å². The van der Waals surface area contributed by atoms with E-state index in [9.17, 15) is 9.59 Å². The van der Waals surface area contributed by atoms with Crippen LogP contribution in [0.3, 0.4) is 0 Å². The molecule has 0 heterocycles. The Bertz CT molecular complexity index is 1120. The number of hydrogen-bond donors (Lipinski definition) is 0. The molecule has 0 aromatic heterocycles. The van der Waals surface area contributed by atoms with Crippen molar-refractivity contribution in [2.45, 2.75) is 195 Å². The highest BCUT2D eigenvalue weighted by atomic mass is 16.5. The van der Waals surface area contributed by atoms with Crippen LogP contribution in [-0.2, 0) is 32.3 Å². The summed E-state index contributed by atoms with van der Waals surface area (Å²) in [4.78, 5) is 30.5. The highest BCUT2D eigenvalue weighted by Gasteiger charge is 2.10. The second-order valence-corrected chi connectivity index (χ2v) is 17.0. The summed E-state index contributed by atoms with van der Waals surface area (Å²) in [7, 11) is 0. The Labute approximate surface area is 357 Å². The molecule has 0 unspecified atom stereocenters. The summed E-state index contributed by atoms with van der Waals surface area (Å²) >= 11 is 0. The number of unbranched alkanes of at least 4 members (excludes halogenated alkanes) is 16. The van der Waals surface area contributed by atoms with Crippen LogP contribution in [0.5, 0.6) is 0 Å². The van der Waals surface area contributed by atoms with Gasteiger partial charge in [0.05, 0.1) is 13.2 Å². The van der Waals surface area contributed by atoms with Crippen LogP contribution in [0.25, 0.3) is 11.1 Å². The van der Waals surface area contributed by atoms with Gasteiger partial charge in [0.2, 0.25) is 0 Å². The minimum Gasteiger partial charge on any atom is -0.369 e. The Kier molecular flexibility index (Phi) is 32.5. The highest BCUT2D eigenvalue weighted by Crippen LogP contribution is 2.21. The van der Waals surface area contributed by atoms with Gasteiger partial charge in [-0.2, -0.15) is 0 Å². The van der Waals surface area contributed by atoms with Crippen molar-refractivity contribution in [2.24, 2.45) is 0 Å². The standard InChI is InChI=1S/C52H88N2O4/c1-5-9-13-17-21-37-53(38-22-18-14-10-6-2)41-25-27-51(55)45-57-43-47-29-33-49(34-30-47)50-35-31-48(32-36-50)44-58-46-52(56)28-26-42-54(39-23-19-15-11-7-3)40-24-20-16-12-8-4/h29-36H,5-28,37-46H2,1-4H3. The fraction of sp³-hybridized carbons (Fsp3) is 0.731. The number of ketones is 2. The number of benzene rings is 2. The first-order chi connectivity index (χ1) is 28.5. The third-order valence-corrected chi connectivity index (χ3v) is 11.5. The van der Waals surface area contributed by atoms with E-state index in [1.54, 1.807) is 0 Å². The van der Waals surface area contributed by atoms with Crippen LogP contribution < -0.4 is 0 Å². The molecule has 6 heteroatoms. The quantitative estimate of drug-likeness (QED) is 0.0624. The molecule has 6 nitrogen and oxygen atoms in total. The molecule has 0 saturated heterocycles. The summed E-state index contributed by atoms with van der Waals surface area (Å²) in [5, 5.41) is 0. The highest BCUT2D eigenvalue weighted by molar-refractivity contribution is 5.80. The van der Waals surface area contributed by atoms with E-state index in [0.29, 0.717) is 26.1 Å². The number of nitrogens with zero attached hydrogens (tertiary/aromatic N) is 2. The molecular weight excluding hydrogens is 717 g/mol. The molecule has 0 N–H and O–H groups in total. The van der Waals surface area contributed by atoms with Crippen molar-refractivity contribution >= 4 is 11.6 Å². The summed E-state index contributed by atoms with van der Waals surface area (Å²) in [6, 6.07) is 16.8. The molecule has 58 heavy (non-hydrogen) atoms. The minimum absolute atomic E-state index is 0.183. The molecule has 0 saturated carbocycles. The largest absolute Gasteiger partial charge is 0.369 e. The predicted octanol–water partition coefficient (Wildman–Crippen LogP) is 13.6. The lowest BCUT2D eigenvalue weighted by atomic mass is 10.0. The Morgan fingerprint density at radius 2 is 0.655 bits per heavy atom. The maximum absolute atomic E-state index is 12.6. The molecular formula is C52H88N2O4. The van der Waals surface area contributed by atoms with Gasteiger partial charge >= 0.3 is 0 Å². The van der Waals surface area contributed by atoms with Gasteiger partial charge in [0.25, 0.3) is 0 Å². The van der Waals surface area contributed by atoms with Crippen LogP contribution in [-0.4, -0.2) is 73.8 Å². The maximum Gasteiger partial charge on any atom is 0.158 e. The topological polar surface area (TPSA) is 59.1 Å². The van der Waals surface area contributed by atoms with E-state index in [2.05, 4.69) is 86.0 Å². The van der Waals surface area contributed by atoms with Crippen molar-refractivity contribution in [3.8, 4) is 11.1 Å². The van der Waals surface area contributed by atoms with Crippen LogP contribution in [0.1, 0.15) is 193 Å². The molecule has 0 aliphatic rings. The molecule has 0 aliphatic heterocycles. The summed E-state index contributed by atoms with van der Waals surface area (Å²) in [5.74, 6) is 0.398. The zero-order chi connectivity index (χ0) is 41.7. The number of Topliss-reactive ketones (excluding diaryl/α,β-unsaturated/α-hetero) is 2. The van der Waals surface area contributed by atoms with Gasteiger partial charge in [-0.1, -0.05) is 179 Å². The molecule has 0 atom stereocenters. The minimum atomic E-state index is 0.183. The van der Waals surface area contributed by atoms with Crippen LogP contribution in [0, 0.1) is 0 Å². The fourth-order valence-corrected chi connectivity index (χ4v) is 7.72. The lowest BCUT2D eigenvalue weighted by molar-refractivity contribution is -0.124. The zero-order valence-electron chi connectivity index (χ0n) is 38.2. The van der Waals surface area contributed by atoms with E-state index < -0.39 is 0 Å². The number of hydrogen-bond acceptors (Lipinski definition) is 6. The molecule has 0 fully saturated rings. The molecule has 0 amide bonds. The summed E-state index contributed by atoms with van der Waals surface area (Å²) < 4.78 is 11.7. The summed E-state index contributed by atoms with van der Waals surface area (Å²) in [6.45, 7) is 17.0. The van der Waals surface area contributed by atoms with Crippen LogP contribution >= 0.6 is 0 Å². The average molecular weight is 805 g/mol. The van der Waals surface area contributed by atoms with Crippen LogP contribution in [0.4, 0.5) is 0 Å². The van der Waals surface area contributed by atoms with Gasteiger partial charge in [-0.3, -0.25) is 9.59 Å². The Balaban J connectivity index is 1.65. The third kappa shape index (κ3) is 27.4. The van der Waals surface area contributed by atoms with Crippen molar-refractivity contribution in [3.05, 3.63) is 59.7 Å². The van der Waals surface area contributed by atoms with E-state index in [-0.39, 0.29) is 24.8 Å². The molecule has 0 radical (unpaired) electrons. The molecule has 2 aromatic rings. The molecule has 330 valence electrons. The Morgan fingerprint density at radius 1 is 0.379 bits per heavy atom.